The van der Waals surface area contributed by atoms with Crippen LogP contribution in [0, 0.1) is 0 Å². The first-order chi connectivity index (χ1) is 45.5. The number of aliphatic imine (C=N–C) groups is 3. The van der Waals surface area contributed by atoms with Crippen molar-refractivity contribution >= 4 is 53.6 Å². The molecule has 0 atom stereocenters. The summed E-state index contributed by atoms with van der Waals surface area (Å²) >= 11 is 0. The van der Waals surface area contributed by atoms with Crippen LogP contribution in [0.3, 0.4) is 0 Å². The Labute approximate surface area is 549 Å². The lowest BCUT2D eigenvalue weighted by Crippen LogP contribution is -2.08. The molecule has 0 amide bonds. The summed E-state index contributed by atoms with van der Waals surface area (Å²) in [5, 5.41) is 33.3. The van der Waals surface area contributed by atoms with E-state index in [1.165, 1.54) is 152 Å². The lowest BCUT2D eigenvalue weighted by atomic mass is 10.1. The molecule has 7 aromatic rings. The summed E-state index contributed by atoms with van der Waals surface area (Å²) < 4.78 is 34.5. The number of hydrogen-bond donors (Lipinski definition) is 3. The average molecular weight is 1260 g/mol. The fraction of sp³-hybridized carbons (Fsp3) is 0.385. The maximum atomic E-state index is 13.2. The van der Waals surface area contributed by atoms with Crippen LogP contribution < -0.4 is 28.4 Å². The smallest absolute Gasteiger partial charge is 0.343 e. The molecule has 0 saturated heterocycles. The molecule has 0 unspecified atom stereocenters. The quantitative estimate of drug-likeness (QED) is 0.0142. The highest BCUT2D eigenvalue weighted by atomic mass is 16.5. The summed E-state index contributed by atoms with van der Waals surface area (Å²) in [4.78, 5) is 53.4. The molecule has 0 aliphatic rings. The minimum absolute atomic E-state index is 0.116. The van der Waals surface area contributed by atoms with Crippen LogP contribution in [0.25, 0.3) is 0 Å². The third kappa shape index (κ3) is 25.8. The number of carbonyl (C=O) groups is 3. The zero-order chi connectivity index (χ0) is 65.7. The molecule has 7 aromatic carbocycles. The molecule has 15 heteroatoms. The van der Waals surface area contributed by atoms with Gasteiger partial charge >= 0.3 is 17.9 Å². The van der Waals surface area contributed by atoms with E-state index < -0.39 is 17.9 Å². The largest absolute Gasteiger partial charge is 0.507 e. The molecule has 0 aliphatic heterocycles. The molecular formula is C78H93N3O12. The molecule has 0 spiro atoms. The van der Waals surface area contributed by atoms with E-state index in [2.05, 4.69) is 30.8 Å². The van der Waals surface area contributed by atoms with Crippen molar-refractivity contribution in [1.29, 1.82) is 0 Å². The van der Waals surface area contributed by atoms with E-state index in [4.69, 9.17) is 33.4 Å². The molecule has 0 saturated carbocycles. The first kappa shape index (κ1) is 71.2. The SMILES string of the molecule is CCCCCCCCCCOc1ccc(C(=O)Oc2ccc(C=Nc3ccc(N=Cc4ccc(OC(=O)c5ccc(OCCCCCCCCCC)cc5)cc4O)c(N=Cc4ccc(OC(=O)c5ccc(OCCCCCCCCCC)cc5)cc4O)c3)c(O)c2)cc1. The van der Waals surface area contributed by atoms with Gasteiger partial charge in [0.1, 0.15) is 51.7 Å². The minimum atomic E-state index is -0.609. The van der Waals surface area contributed by atoms with Gasteiger partial charge in [-0.25, -0.2) is 14.4 Å². The Bertz CT molecular complexity index is 3490. The van der Waals surface area contributed by atoms with Gasteiger partial charge in [-0.3, -0.25) is 15.0 Å². The van der Waals surface area contributed by atoms with Crippen LogP contribution in [0.2, 0.25) is 0 Å². The fourth-order valence-corrected chi connectivity index (χ4v) is 10.2. The second kappa shape index (κ2) is 40.6. The Hall–Kier alpha value is -9.24. The van der Waals surface area contributed by atoms with Crippen LogP contribution >= 0.6 is 0 Å². The average Bonchev–Trinajstić information content (AvgIpc) is 1.20. The van der Waals surface area contributed by atoms with Crippen LogP contribution in [0.15, 0.2) is 161 Å². The van der Waals surface area contributed by atoms with Crippen LogP contribution in [-0.4, -0.2) is 71.7 Å². The van der Waals surface area contributed by atoms with Gasteiger partial charge in [-0.1, -0.05) is 156 Å². The van der Waals surface area contributed by atoms with Crippen LogP contribution in [0.1, 0.15) is 223 Å². The number of benzene rings is 7. The van der Waals surface area contributed by atoms with Crippen molar-refractivity contribution in [3.63, 3.8) is 0 Å². The van der Waals surface area contributed by atoms with Crippen molar-refractivity contribution in [3.8, 4) is 51.7 Å². The Morgan fingerprint density at radius 2 is 0.591 bits per heavy atom. The van der Waals surface area contributed by atoms with Crippen molar-refractivity contribution in [1.82, 2.24) is 0 Å². The van der Waals surface area contributed by atoms with Gasteiger partial charge in [0.15, 0.2) is 0 Å². The number of carbonyl (C=O) groups excluding carboxylic acids is 3. The zero-order valence-electron chi connectivity index (χ0n) is 54.5. The summed E-state index contributed by atoms with van der Waals surface area (Å²) in [7, 11) is 0. The number of ether oxygens (including phenoxy) is 6. The predicted octanol–water partition coefficient (Wildman–Crippen LogP) is 20.3. The second-order valence-corrected chi connectivity index (χ2v) is 23.3. The number of phenols is 3. The van der Waals surface area contributed by atoms with Gasteiger partial charge in [-0.15, -0.1) is 0 Å². The van der Waals surface area contributed by atoms with E-state index in [0.717, 1.165) is 38.5 Å². The lowest BCUT2D eigenvalue weighted by molar-refractivity contribution is 0.0724. The highest BCUT2D eigenvalue weighted by Crippen LogP contribution is 2.35. The number of esters is 3. The number of unbranched alkanes of at least 4 members (excludes halogenated alkanes) is 21. The van der Waals surface area contributed by atoms with Crippen LogP contribution in [-0.2, 0) is 0 Å². The van der Waals surface area contributed by atoms with Crippen molar-refractivity contribution < 1.29 is 58.1 Å². The fourth-order valence-electron chi connectivity index (χ4n) is 10.2. The van der Waals surface area contributed by atoms with Crippen LogP contribution in [0.4, 0.5) is 17.1 Å². The number of nitrogens with zero attached hydrogens (tertiary/aromatic N) is 3. The van der Waals surface area contributed by atoms with Crippen molar-refractivity contribution in [3.05, 3.63) is 179 Å². The molecule has 0 aromatic heterocycles. The van der Waals surface area contributed by atoms with E-state index in [9.17, 15) is 29.7 Å². The Morgan fingerprint density at radius 1 is 0.312 bits per heavy atom. The van der Waals surface area contributed by atoms with Gasteiger partial charge < -0.3 is 43.7 Å². The van der Waals surface area contributed by atoms with E-state index in [-0.39, 0.29) is 34.5 Å². The predicted molar refractivity (Wildman–Crippen MR) is 371 cm³/mol. The third-order valence-corrected chi connectivity index (χ3v) is 15.7. The normalized spacial score (nSPS) is 11.4. The standard InChI is InChI=1S/C78H93N3O12/c1-4-7-10-13-16-19-22-25-48-88-65-38-28-58(29-39-65)76(85)91-68-44-34-61(73(82)52-68)55-79-64-37-47-71(80-56-62-35-45-69(53-74(62)83)92-77(86)59-30-40-66(41-31-59)89-49-26-23-20-17-14-11-8-5-2)72(51-64)81-57-63-36-46-70(54-75(63)84)93-78(87)60-32-42-67(43-33-60)90-50-27-24-21-18-15-12-9-6-3/h28-47,51-57,82-84H,4-27,48-50H2,1-3H3. The van der Waals surface area contributed by atoms with E-state index >= 15 is 0 Å². The van der Waals surface area contributed by atoms with Gasteiger partial charge in [0.2, 0.25) is 0 Å². The molecule has 0 aliphatic carbocycles. The van der Waals surface area contributed by atoms with Gasteiger partial charge in [-0.2, -0.15) is 0 Å². The summed E-state index contributed by atoms with van der Waals surface area (Å²) in [6.07, 6.45) is 33.3. The topological polar surface area (TPSA) is 204 Å². The molecule has 7 rings (SSSR count). The molecule has 0 radical (unpaired) electrons. The highest BCUT2D eigenvalue weighted by Gasteiger charge is 2.15. The Balaban J connectivity index is 0.985. The summed E-state index contributed by atoms with van der Waals surface area (Å²) in [6, 6.07) is 38.6. The minimum Gasteiger partial charge on any atom is -0.507 e. The molecule has 0 fully saturated rings. The molecular weight excluding hydrogens is 1170 g/mol. The molecule has 0 bridgehead atoms. The molecule has 492 valence electrons. The Morgan fingerprint density at radius 3 is 0.903 bits per heavy atom. The maximum Gasteiger partial charge on any atom is 0.343 e. The van der Waals surface area contributed by atoms with Crippen LogP contribution in [0.5, 0.6) is 51.7 Å². The second-order valence-electron chi connectivity index (χ2n) is 23.3. The first-order valence-electron chi connectivity index (χ1n) is 33.6. The molecule has 93 heavy (non-hydrogen) atoms. The highest BCUT2D eigenvalue weighted by molar-refractivity contribution is 5.95. The molecule has 15 nitrogen and oxygen atoms in total. The zero-order valence-corrected chi connectivity index (χ0v) is 54.5. The number of rotatable bonds is 42. The number of phenolic OH excluding ortho intramolecular Hbond substituents is 3. The summed E-state index contributed by atoms with van der Waals surface area (Å²) in [5.74, 6) is -0.0278. The van der Waals surface area contributed by atoms with E-state index in [1.54, 1.807) is 127 Å². The lowest BCUT2D eigenvalue weighted by Gasteiger charge is -2.09. The maximum absolute atomic E-state index is 13.2. The number of aromatic hydroxyl groups is 3. The van der Waals surface area contributed by atoms with Gasteiger partial charge in [0.05, 0.1) is 53.6 Å². The number of hydrogen-bond acceptors (Lipinski definition) is 15. The monoisotopic (exact) mass is 1260 g/mol. The summed E-state index contributed by atoms with van der Waals surface area (Å²) in [6.45, 7) is 8.49. The molecule has 0 heterocycles. The summed E-state index contributed by atoms with van der Waals surface area (Å²) in [5.41, 5.74) is 2.94. The first-order valence-corrected chi connectivity index (χ1v) is 33.6. The Kier molecular flexibility index (Phi) is 31.1. The van der Waals surface area contributed by atoms with E-state index in [0.29, 0.717) is 87.5 Å². The van der Waals surface area contributed by atoms with Crippen molar-refractivity contribution in [2.24, 2.45) is 15.0 Å². The van der Waals surface area contributed by atoms with Crippen molar-refractivity contribution in [2.75, 3.05) is 19.8 Å². The van der Waals surface area contributed by atoms with Crippen molar-refractivity contribution in [2.45, 2.75) is 175 Å². The third-order valence-electron chi connectivity index (χ3n) is 15.7. The molecule has 3 N–H and O–H groups in total. The van der Waals surface area contributed by atoms with E-state index in [1.807, 2.05) is 0 Å². The van der Waals surface area contributed by atoms with Gasteiger partial charge in [0.25, 0.3) is 0 Å². The van der Waals surface area contributed by atoms with Gasteiger partial charge in [-0.05, 0) is 147 Å². The van der Waals surface area contributed by atoms with Gasteiger partial charge in [0, 0.05) is 53.5 Å².